The van der Waals surface area contributed by atoms with E-state index in [1.165, 1.54) is 17.1 Å². The maximum Gasteiger partial charge on any atom is 0.146 e. The van der Waals surface area contributed by atoms with Crippen molar-refractivity contribution in [1.29, 1.82) is 0 Å². The molecule has 0 saturated heterocycles. The van der Waals surface area contributed by atoms with Gasteiger partial charge in [-0.2, -0.15) is 0 Å². The lowest BCUT2D eigenvalue weighted by Gasteiger charge is -2.09. The molecule has 3 rings (SSSR count). The van der Waals surface area contributed by atoms with Gasteiger partial charge in [-0.05, 0) is 46.3 Å². The molecule has 6 nitrogen and oxygen atoms in total. The van der Waals surface area contributed by atoms with Crippen LogP contribution in [0.3, 0.4) is 0 Å². The largest absolute Gasteiger partial charge is 0.379 e. The van der Waals surface area contributed by atoms with Crippen LogP contribution in [0.4, 0.5) is 10.1 Å². The van der Waals surface area contributed by atoms with Crippen LogP contribution in [-0.4, -0.2) is 25.2 Å². The summed E-state index contributed by atoms with van der Waals surface area (Å²) in [5.74, 6) is -0.323. The van der Waals surface area contributed by atoms with Crippen molar-refractivity contribution in [2.75, 3.05) is 5.32 Å². The van der Waals surface area contributed by atoms with Gasteiger partial charge in [0, 0.05) is 18.9 Å². The zero-order chi connectivity index (χ0) is 13.8. The number of aromatic nitrogens is 5. The third kappa shape index (κ3) is 2.61. The van der Waals surface area contributed by atoms with Gasteiger partial charge in [-0.3, -0.25) is 4.98 Å². The molecule has 20 heavy (non-hydrogen) atoms. The van der Waals surface area contributed by atoms with Crippen molar-refractivity contribution in [3.8, 4) is 5.69 Å². The number of benzene rings is 1. The predicted octanol–water partition coefficient (Wildman–Crippen LogP) is 1.81. The van der Waals surface area contributed by atoms with Crippen molar-refractivity contribution in [3.63, 3.8) is 0 Å². The molecule has 1 aromatic carbocycles. The van der Waals surface area contributed by atoms with E-state index in [1.54, 1.807) is 24.5 Å². The SMILES string of the molecule is Fc1ccc(-n2cnnn2)cc1NCc1ccncc1. The van der Waals surface area contributed by atoms with Crippen molar-refractivity contribution in [2.24, 2.45) is 0 Å². The molecule has 0 spiro atoms. The molecular formula is C13H11FN6. The Morgan fingerprint density at radius 2 is 2.00 bits per heavy atom. The lowest BCUT2D eigenvalue weighted by Crippen LogP contribution is -2.03. The molecule has 0 aliphatic carbocycles. The highest BCUT2D eigenvalue weighted by atomic mass is 19.1. The van der Waals surface area contributed by atoms with E-state index in [0.29, 0.717) is 17.9 Å². The number of nitrogens with zero attached hydrogens (tertiary/aromatic N) is 5. The average molecular weight is 270 g/mol. The molecule has 0 radical (unpaired) electrons. The number of pyridine rings is 1. The summed E-state index contributed by atoms with van der Waals surface area (Å²) in [5.41, 5.74) is 2.11. The van der Waals surface area contributed by atoms with E-state index < -0.39 is 0 Å². The molecule has 3 aromatic rings. The number of hydrogen-bond donors (Lipinski definition) is 1. The Labute approximate surface area is 114 Å². The molecule has 1 N–H and O–H groups in total. The van der Waals surface area contributed by atoms with Crippen LogP contribution in [0.15, 0.2) is 49.1 Å². The zero-order valence-electron chi connectivity index (χ0n) is 10.4. The van der Waals surface area contributed by atoms with E-state index in [9.17, 15) is 4.39 Å². The first kappa shape index (κ1) is 12.2. The van der Waals surface area contributed by atoms with Gasteiger partial charge in [-0.25, -0.2) is 9.07 Å². The first-order valence-corrected chi connectivity index (χ1v) is 5.98. The highest BCUT2D eigenvalue weighted by Gasteiger charge is 2.05. The average Bonchev–Trinajstić information content (AvgIpc) is 3.02. The highest BCUT2D eigenvalue weighted by Crippen LogP contribution is 2.19. The monoisotopic (exact) mass is 270 g/mol. The number of nitrogens with one attached hydrogen (secondary N) is 1. The number of halogens is 1. The third-order valence-electron chi connectivity index (χ3n) is 2.80. The summed E-state index contributed by atoms with van der Waals surface area (Å²) < 4.78 is 15.2. The minimum atomic E-state index is -0.323. The van der Waals surface area contributed by atoms with E-state index in [4.69, 9.17) is 0 Å². The number of anilines is 1. The van der Waals surface area contributed by atoms with Crippen LogP contribution in [0.2, 0.25) is 0 Å². The van der Waals surface area contributed by atoms with Crippen LogP contribution in [0.1, 0.15) is 5.56 Å². The first-order valence-electron chi connectivity index (χ1n) is 5.98. The minimum Gasteiger partial charge on any atom is -0.379 e. The smallest absolute Gasteiger partial charge is 0.146 e. The van der Waals surface area contributed by atoms with Gasteiger partial charge in [0.2, 0.25) is 0 Å². The van der Waals surface area contributed by atoms with Gasteiger partial charge >= 0.3 is 0 Å². The Bertz CT molecular complexity index is 683. The molecule has 7 heteroatoms. The molecule has 0 unspecified atom stereocenters. The fourth-order valence-corrected chi connectivity index (χ4v) is 1.77. The van der Waals surface area contributed by atoms with Crippen LogP contribution in [0.5, 0.6) is 0 Å². The fraction of sp³-hybridized carbons (Fsp3) is 0.0769. The van der Waals surface area contributed by atoms with Crippen molar-refractivity contribution in [3.05, 3.63) is 60.4 Å². The standard InChI is InChI=1S/C13H11FN6/c14-12-2-1-11(20-9-17-18-19-20)7-13(12)16-8-10-3-5-15-6-4-10/h1-7,9,16H,8H2. The van der Waals surface area contributed by atoms with Crippen LogP contribution >= 0.6 is 0 Å². The van der Waals surface area contributed by atoms with E-state index in [-0.39, 0.29) is 5.82 Å². The molecular weight excluding hydrogens is 259 g/mol. The molecule has 0 atom stereocenters. The van der Waals surface area contributed by atoms with Crippen LogP contribution < -0.4 is 5.32 Å². The van der Waals surface area contributed by atoms with Crippen molar-refractivity contribution in [1.82, 2.24) is 25.2 Å². The molecule has 2 heterocycles. The molecule has 0 fully saturated rings. The molecule has 0 bridgehead atoms. The lowest BCUT2D eigenvalue weighted by atomic mass is 10.2. The Hall–Kier alpha value is -2.83. The summed E-state index contributed by atoms with van der Waals surface area (Å²) in [6.07, 6.45) is 4.86. The van der Waals surface area contributed by atoms with E-state index in [1.807, 2.05) is 12.1 Å². The highest BCUT2D eigenvalue weighted by molar-refractivity contribution is 5.52. The summed E-state index contributed by atoms with van der Waals surface area (Å²) in [6, 6.07) is 8.40. The number of rotatable bonds is 4. The topological polar surface area (TPSA) is 68.5 Å². The van der Waals surface area contributed by atoms with E-state index in [0.717, 1.165) is 5.56 Å². The molecule has 0 amide bonds. The first-order chi connectivity index (χ1) is 9.83. The Kier molecular flexibility index (Phi) is 3.32. The van der Waals surface area contributed by atoms with Gasteiger partial charge in [0.25, 0.3) is 0 Å². The van der Waals surface area contributed by atoms with Crippen molar-refractivity contribution in [2.45, 2.75) is 6.54 Å². The van der Waals surface area contributed by atoms with Crippen LogP contribution in [0, 0.1) is 5.82 Å². The van der Waals surface area contributed by atoms with Gasteiger partial charge in [-0.1, -0.05) is 0 Å². The van der Waals surface area contributed by atoms with E-state index >= 15 is 0 Å². The summed E-state index contributed by atoms with van der Waals surface area (Å²) >= 11 is 0. The normalized spacial score (nSPS) is 10.4. The lowest BCUT2D eigenvalue weighted by molar-refractivity contribution is 0.629. The molecule has 0 aliphatic heterocycles. The van der Waals surface area contributed by atoms with E-state index in [2.05, 4.69) is 25.8 Å². The summed E-state index contributed by atoms with van der Waals surface area (Å²) in [4.78, 5) is 3.94. The van der Waals surface area contributed by atoms with Crippen LogP contribution in [0.25, 0.3) is 5.69 Å². The zero-order valence-corrected chi connectivity index (χ0v) is 10.4. The molecule has 0 saturated carbocycles. The molecule has 0 aliphatic rings. The van der Waals surface area contributed by atoms with Gasteiger partial charge in [-0.15, -0.1) is 5.10 Å². The van der Waals surface area contributed by atoms with Gasteiger partial charge in [0.05, 0.1) is 11.4 Å². The third-order valence-corrected chi connectivity index (χ3v) is 2.80. The maximum atomic E-state index is 13.8. The maximum absolute atomic E-state index is 13.8. The second-order valence-electron chi connectivity index (χ2n) is 4.13. The quantitative estimate of drug-likeness (QED) is 0.783. The number of tetrazole rings is 1. The Morgan fingerprint density at radius 3 is 2.75 bits per heavy atom. The Morgan fingerprint density at radius 1 is 1.15 bits per heavy atom. The summed E-state index contributed by atoms with van der Waals surface area (Å²) in [7, 11) is 0. The van der Waals surface area contributed by atoms with Crippen molar-refractivity contribution < 1.29 is 4.39 Å². The number of hydrogen-bond acceptors (Lipinski definition) is 5. The summed E-state index contributed by atoms with van der Waals surface area (Å²) in [6.45, 7) is 0.512. The fourth-order valence-electron chi connectivity index (χ4n) is 1.77. The van der Waals surface area contributed by atoms with Gasteiger partial charge in [0.1, 0.15) is 12.1 Å². The molecule has 2 aromatic heterocycles. The van der Waals surface area contributed by atoms with Gasteiger partial charge in [0.15, 0.2) is 0 Å². The van der Waals surface area contributed by atoms with Crippen molar-refractivity contribution >= 4 is 5.69 Å². The predicted molar refractivity (Wildman–Crippen MR) is 70.7 cm³/mol. The second kappa shape index (κ2) is 5.43. The van der Waals surface area contributed by atoms with Gasteiger partial charge < -0.3 is 5.32 Å². The Balaban J connectivity index is 1.80. The van der Waals surface area contributed by atoms with Crippen LogP contribution in [-0.2, 0) is 6.54 Å². The minimum absolute atomic E-state index is 0.323. The second-order valence-corrected chi connectivity index (χ2v) is 4.13. The molecule has 100 valence electrons. The summed E-state index contributed by atoms with van der Waals surface area (Å²) in [5, 5.41) is 13.9.